The van der Waals surface area contributed by atoms with E-state index < -0.39 is 23.4 Å². The Bertz CT molecular complexity index is 1540. The van der Waals surface area contributed by atoms with Gasteiger partial charge in [0.25, 0.3) is 0 Å². The van der Waals surface area contributed by atoms with Gasteiger partial charge < -0.3 is 18.9 Å². The number of benzene rings is 2. The summed E-state index contributed by atoms with van der Waals surface area (Å²) in [6, 6.07) is 10.5. The van der Waals surface area contributed by atoms with Crippen LogP contribution in [0.3, 0.4) is 0 Å². The molecule has 2 heterocycles. The van der Waals surface area contributed by atoms with Gasteiger partial charge in [-0.25, -0.2) is 9.59 Å². The number of fused-ring (bicyclic) bond motifs is 2. The molecule has 4 aromatic rings. The summed E-state index contributed by atoms with van der Waals surface area (Å²) in [4.78, 5) is 35.4. The third-order valence-corrected chi connectivity index (χ3v) is 5.78. The van der Waals surface area contributed by atoms with Crippen molar-refractivity contribution in [2.45, 2.75) is 58.1 Å². The van der Waals surface area contributed by atoms with Crippen molar-refractivity contribution in [2.24, 2.45) is 0 Å². The summed E-state index contributed by atoms with van der Waals surface area (Å²) in [5.74, 6) is 1.24. The molecule has 2 aromatic heterocycles. The summed E-state index contributed by atoms with van der Waals surface area (Å²) in [5, 5.41) is 10.3. The van der Waals surface area contributed by atoms with Gasteiger partial charge in [0.2, 0.25) is 0 Å². The zero-order chi connectivity index (χ0) is 29.8. The minimum Gasteiger partial charge on any atom is -0.497 e. The smallest absolute Gasteiger partial charge is 0.435 e. The van der Waals surface area contributed by atoms with Gasteiger partial charge in [-0.3, -0.25) is 4.79 Å². The zero-order valence-corrected chi connectivity index (χ0v) is 25.4. The Balaban J connectivity index is 0.000000220. The molecule has 0 spiro atoms. The van der Waals surface area contributed by atoms with Crippen molar-refractivity contribution in [3.63, 3.8) is 0 Å². The third kappa shape index (κ3) is 7.17. The van der Waals surface area contributed by atoms with E-state index in [2.05, 4.69) is 26.1 Å². The Labute approximate surface area is 240 Å². The molecule has 4 rings (SSSR count). The standard InChI is InChI=1S/C14H17BrN2O3.C14H16N2O4/c1-14(2,3)20-13(18)17-12-7-9(19-4)5-6-10(12)11(8-15)16-17;1-14(2,3)20-13(18)16-12-7-9(19-4)5-6-10(12)11(8-17)15-16/h5-7H,8H2,1-4H3;5-8H,1-4H3. The topological polar surface area (TPSA) is 124 Å². The Morgan fingerprint density at radius 2 is 1.25 bits per heavy atom. The van der Waals surface area contributed by atoms with Crippen LogP contribution < -0.4 is 9.47 Å². The SMILES string of the molecule is COc1ccc2c(C=O)nn(C(=O)OC(C)(C)C)c2c1.COc1ccc2c(CBr)nn(C(=O)OC(C)(C)C)c2c1. The number of aromatic nitrogens is 4. The maximum absolute atomic E-state index is 12.2. The highest BCUT2D eigenvalue weighted by atomic mass is 79.9. The van der Waals surface area contributed by atoms with Gasteiger partial charge in [0, 0.05) is 28.2 Å². The van der Waals surface area contributed by atoms with Gasteiger partial charge in [-0.05, 0) is 65.8 Å². The lowest BCUT2D eigenvalue weighted by Gasteiger charge is -2.19. The predicted octanol–water partition coefficient (Wildman–Crippen LogP) is 6.36. The van der Waals surface area contributed by atoms with E-state index in [1.807, 2.05) is 32.9 Å². The highest BCUT2D eigenvalue weighted by Crippen LogP contribution is 2.26. The van der Waals surface area contributed by atoms with Crippen LogP contribution in [0, 0.1) is 0 Å². The number of carbonyl (C=O) groups is 3. The number of nitrogens with zero attached hydrogens (tertiary/aromatic N) is 4. The second-order valence-corrected chi connectivity index (χ2v) is 11.2. The molecule has 0 aliphatic carbocycles. The molecule has 12 heteroatoms. The second-order valence-electron chi connectivity index (χ2n) is 10.6. The minimum atomic E-state index is -0.643. The molecular formula is C28H33BrN4O7. The van der Waals surface area contributed by atoms with Gasteiger partial charge in [0.05, 0.1) is 30.9 Å². The maximum Gasteiger partial charge on any atom is 0.435 e. The van der Waals surface area contributed by atoms with Gasteiger partial charge in [0.1, 0.15) is 28.4 Å². The van der Waals surface area contributed by atoms with Crippen LogP contribution in [0.1, 0.15) is 57.7 Å². The number of ether oxygens (including phenoxy) is 4. The average molecular weight is 617 g/mol. The van der Waals surface area contributed by atoms with E-state index in [4.69, 9.17) is 18.9 Å². The zero-order valence-electron chi connectivity index (χ0n) is 23.8. The molecule has 214 valence electrons. The van der Waals surface area contributed by atoms with Crippen LogP contribution in [-0.2, 0) is 14.8 Å². The van der Waals surface area contributed by atoms with Crippen LogP contribution in [-0.4, -0.2) is 63.5 Å². The Kier molecular flexibility index (Phi) is 9.24. The van der Waals surface area contributed by atoms with Gasteiger partial charge >= 0.3 is 12.2 Å². The van der Waals surface area contributed by atoms with Crippen molar-refractivity contribution >= 4 is 56.2 Å². The van der Waals surface area contributed by atoms with Gasteiger partial charge in [-0.2, -0.15) is 19.6 Å². The van der Waals surface area contributed by atoms with Crippen LogP contribution in [0.5, 0.6) is 11.5 Å². The molecule has 0 radical (unpaired) electrons. The van der Waals surface area contributed by atoms with Crippen LogP contribution in [0.4, 0.5) is 9.59 Å². The van der Waals surface area contributed by atoms with E-state index in [0.29, 0.717) is 39.5 Å². The van der Waals surface area contributed by atoms with Crippen LogP contribution in [0.15, 0.2) is 36.4 Å². The molecule has 40 heavy (non-hydrogen) atoms. The summed E-state index contributed by atoms with van der Waals surface area (Å²) in [7, 11) is 3.11. The third-order valence-electron chi connectivity index (χ3n) is 5.25. The molecule has 0 N–H and O–H groups in total. The lowest BCUT2D eigenvalue weighted by Crippen LogP contribution is -2.27. The van der Waals surface area contributed by atoms with Crippen molar-refractivity contribution in [1.82, 2.24) is 19.6 Å². The maximum atomic E-state index is 12.2. The van der Waals surface area contributed by atoms with Crippen LogP contribution >= 0.6 is 15.9 Å². The molecular weight excluding hydrogens is 584 g/mol. The summed E-state index contributed by atoms with van der Waals surface area (Å²) in [6.07, 6.45) is -0.526. The molecule has 0 atom stereocenters. The first-order chi connectivity index (χ1) is 18.7. The lowest BCUT2D eigenvalue weighted by molar-refractivity contribution is 0.0511. The summed E-state index contributed by atoms with van der Waals surface area (Å²) in [5.41, 5.74) is 0.911. The fourth-order valence-electron chi connectivity index (χ4n) is 3.61. The fraction of sp³-hybridized carbons (Fsp3) is 0.393. The monoisotopic (exact) mass is 616 g/mol. The first-order valence-corrected chi connectivity index (χ1v) is 13.4. The van der Waals surface area contributed by atoms with E-state index in [1.165, 1.54) is 11.8 Å². The van der Waals surface area contributed by atoms with Crippen LogP contribution in [0.2, 0.25) is 0 Å². The molecule has 2 aromatic carbocycles. The number of rotatable bonds is 4. The van der Waals surface area contributed by atoms with Crippen molar-refractivity contribution in [3.05, 3.63) is 47.8 Å². The van der Waals surface area contributed by atoms with Crippen molar-refractivity contribution in [1.29, 1.82) is 0 Å². The first-order valence-electron chi connectivity index (χ1n) is 12.3. The second kappa shape index (κ2) is 12.1. The van der Waals surface area contributed by atoms with Crippen molar-refractivity contribution in [3.8, 4) is 11.5 Å². The summed E-state index contributed by atoms with van der Waals surface area (Å²) < 4.78 is 23.3. The molecule has 0 fully saturated rings. The van der Waals surface area contributed by atoms with Gasteiger partial charge in [-0.1, -0.05) is 15.9 Å². The molecule has 11 nitrogen and oxygen atoms in total. The van der Waals surface area contributed by atoms with E-state index in [1.54, 1.807) is 52.1 Å². The van der Waals surface area contributed by atoms with Crippen molar-refractivity contribution < 1.29 is 33.3 Å². The number of aldehydes is 1. The first kappa shape index (κ1) is 30.6. The predicted molar refractivity (Wildman–Crippen MR) is 154 cm³/mol. The Morgan fingerprint density at radius 1 is 0.800 bits per heavy atom. The number of hydrogen-bond acceptors (Lipinski definition) is 9. The summed E-state index contributed by atoms with van der Waals surface area (Å²) >= 11 is 3.38. The summed E-state index contributed by atoms with van der Waals surface area (Å²) in [6.45, 7) is 10.8. The van der Waals surface area contributed by atoms with E-state index in [0.717, 1.165) is 15.8 Å². The number of hydrogen-bond donors (Lipinski definition) is 0. The highest BCUT2D eigenvalue weighted by molar-refractivity contribution is 9.08. The van der Waals surface area contributed by atoms with E-state index in [9.17, 15) is 14.4 Å². The van der Waals surface area contributed by atoms with Crippen molar-refractivity contribution in [2.75, 3.05) is 14.2 Å². The quantitative estimate of drug-likeness (QED) is 0.190. The molecule has 0 saturated carbocycles. The fourth-order valence-corrected chi connectivity index (χ4v) is 4.02. The largest absolute Gasteiger partial charge is 0.497 e. The Morgan fingerprint density at radius 3 is 1.68 bits per heavy atom. The lowest BCUT2D eigenvalue weighted by atomic mass is 10.2. The Hall–Kier alpha value is -3.93. The molecule has 0 amide bonds. The molecule has 0 bridgehead atoms. The number of halogens is 1. The molecule has 0 unspecified atom stereocenters. The van der Waals surface area contributed by atoms with Crippen LogP contribution in [0.25, 0.3) is 21.8 Å². The van der Waals surface area contributed by atoms with Gasteiger partial charge in [0.15, 0.2) is 6.29 Å². The molecule has 0 saturated heterocycles. The molecule has 0 aliphatic rings. The molecule has 0 aliphatic heterocycles. The van der Waals surface area contributed by atoms with Gasteiger partial charge in [-0.15, -0.1) is 0 Å². The average Bonchev–Trinajstić information content (AvgIpc) is 3.44. The minimum absolute atomic E-state index is 0.188. The number of carbonyl (C=O) groups excluding carboxylic acids is 3. The van der Waals surface area contributed by atoms with E-state index >= 15 is 0 Å². The number of alkyl halides is 1. The van der Waals surface area contributed by atoms with E-state index in [-0.39, 0.29) is 5.69 Å². The normalized spacial score (nSPS) is 11.5. The highest BCUT2D eigenvalue weighted by Gasteiger charge is 2.23. The number of methoxy groups -OCH3 is 2.